The van der Waals surface area contributed by atoms with Crippen LogP contribution in [-0.2, 0) is 11.3 Å². The molecule has 2 aromatic rings. The van der Waals surface area contributed by atoms with Crippen LogP contribution in [0.25, 0.3) is 0 Å². The molecule has 6 heteroatoms. The summed E-state index contributed by atoms with van der Waals surface area (Å²) in [7, 11) is 1.39. The summed E-state index contributed by atoms with van der Waals surface area (Å²) in [5, 5.41) is 5.02. The smallest absolute Gasteiger partial charge is 0.337 e. The van der Waals surface area contributed by atoms with Gasteiger partial charge in [-0.15, -0.1) is 0 Å². The first-order valence-corrected chi connectivity index (χ1v) is 8.13. The number of carbonyl (C=O) groups is 1. The van der Waals surface area contributed by atoms with E-state index in [2.05, 4.69) is 10.00 Å². The van der Waals surface area contributed by atoms with Crippen LogP contribution in [-0.4, -0.2) is 40.8 Å². The minimum Gasteiger partial charge on any atom is -0.465 e. The van der Waals surface area contributed by atoms with Gasteiger partial charge in [0.1, 0.15) is 0 Å². The van der Waals surface area contributed by atoms with Crippen molar-refractivity contribution in [3.63, 3.8) is 0 Å². The molecule has 1 aliphatic rings. The lowest BCUT2D eigenvalue weighted by Crippen LogP contribution is -2.34. The Bertz CT molecular complexity index is 664. The average Bonchev–Trinajstić information content (AvgIpc) is 3.11. The minimum atomic E-state index is -0.333. The number of likely N-dealkylation sites (tertiary alicyclic amines) is 1. The fourth-order valence-electron chi connectivity index (χ4n) is 3.02. The van der Waals surface area contributed by atoms with E-state index in [4.69, 9.17) is 16.3 Å². The van der Waals surface area contributed by atoms with E-state index in [1.807, 2.05) is 29.2 Å². The fraction of sp³-hybridized carbons (Fsp3) is 0.412. The van der Waals surface area contributed by atoms with Crippen molar-refractivity contribution >= 4 is 17.6 Å². The first-order chi connectivity index (χ1) is 11.2. The third-order valence-electron chi connectivity index (χ3n) is 4.32. The molecule has 3 rings (SSSR count). The highest BCUT2D eigenvalue weighted by Crippen LogP contribution is 2.25. The Morgan fingerprint density at radius 1 is 1.39 bits per heavy atom. The molecule has 5 nitrogen and oxygen atoms in total. The highest BCUT2D eigenvalue weighted by molar-refractivity contribution is 6.31. The van der Waals surface area contributed by atoms with E-state index >= 15 is 0 Å². The van der Waals surface area contributed by atoms with Gasteiger partial charge in [-0.1, -0.05) is 11.6 Å². The minimum absolute atomic E-state index is 0.333. The van der Waals surface area contributed by atoms with Crippen LogP contribution in [0.1, 0.15) is 34.8 Å². The van der Waals surface area contributed by atoms with E-state index in [0.29, 0.717) is 16.6 Å². The second kappa shape index (κ2) is 7.15. The Hall–Kier alpha value is -1.85. The first kappa shape index (κ1) is 16.0. The van der Waals surface area contributed by atoms with Crippen molar-refractivity contribution in [3.05, 3.63) is 52.8 Å². The molecule has 122 valence electrons. The third kappa shape index (κ3) is 3.74. The number of nitrogens with zero attached hydrogens (tertiary/aromatic N) is 3. The van der Waals surface area contributed by atoms with Crippen molar-refractivity contribution in [3.8, 4) is 0 Å². The third-order valence-corrected chi connectivity index (χ3v) is 4.69. The lowest BCUT2D eigenvalue weighted by atomic mass is 10.0. The van der Waals surface area contributed by atoms with Crippen LogP contribution in [0.15, 0.2) is 36.7 Å². The van der Waals surface area contributed by atoms with Crippen LogP contribution in [0.5, 0.6) is 0 Å². The lowest BCUT2D eigenvalue weighted by molar-refractivity contribution is 0.0600. The van der Waals surface area contributed by atoms with Gasteiger partial charge in [-0.05, 0) is 42.7 Å². The summed E-state index contributed by atoms with van der Waals surface area (Å²) < 4.78 is 6.82. The topological polar surface area (TPSA) is 47.4 Å². The Labute approximate surface area is 140 Å². The maximum atomic E-state index is 11.7. The SMILES string of the molecule is COC(=O)c1ccc(Cl)c(CN2CCC(n3cccn3)CC2)c1. The number of hydrogen-bond acceptors (Lipinski definition) is 4. The summed E-state index contributed by atoms with van der Waals surface area (Å²) >= 11 is 6.28. The number of halogens is 1. The zero-order valence-electron chi connectivity index (χ0n) is 13.1. The summed E-state index contributed by atoms with van der Waals surface area (Å²) in [6.45, 7) is 2.72. The molecular formula is C17H20ClN3O2. The second-order valence-corrected chi connectivity index (χ2v) is 6.20. The second-order valence-electron chi connectivity index (χ2n) is 5.79. The van der Waals surface area contributed by atoms with E-state index in [1.165, 1.54) is 7.11 Å². The van der Waals surface area contributed by atoms with E-state index in [9.17, 15) is 4.79 Å². The van der Waals surface area contributed by atoms with Crippen LogP contribution >= 0.6 is 11.6 Å². The predicted octanol–water partition coefficient (Wildman–Crippen LogP) is 3.16. The number of piperidine rings is 1. The molecule has 0 bridgehead atoms. The number of benzene rings is 1. The van der Waals surface area contributed by atoms with Crippen molar-refractivity contribution in [1.29, 1.82) is 0 Å². The fourth-order valence-corrected chi connectivity index (χ4v) is 3.20. The van der Waals surface area contributed by atoms with Crippen molar-refractivity contribution < 1.29 is 9.53 Å². The molecule has 1 saturated heterocycles. The van der Waals surface area contributed by atoms with Gasteiger partial charge in [0.2, 0.25) is 0 Å². The summed E-state index contributed by atoms with van der Waals surface area (Å²) in [6.07, 6.45) is 5.98. The largest absolute Gasteiger partial charge is 0.465 e. The predicted molar refractivity (Wildman–Crippen MR) is 88.6 cm³/mol. The highest BCUT2D eigenvalue weighted by Gasteiger charge is 2.21. The maximum absolute atomic E-state index is 11.7. The van der Waals surface area contributed by atoms with E-state index in [0.717, 1.165) is 38.0 Å². The van der Waals surface area contributed by atoms with Gasteiger partial charge < -0.3 is 4.74 Å². The molecule has 0 unspecified atom stereocenters. The monoisotopic (exact) mass is 333 g/mol. The molecule has 0 radical (unpaired) electrons. The molecule has 0 saturated carbocycles. The van der Waals surface area contributed by atoms with Crippen LogP contribution in [0, 0.1) is 0 Å². The van der Waals surface area contributed by atoms with Gasteiger partial charge in [-0.2, -0.15) is 5.10 Å². The molecule has 23 heavy (non-hydrogen) atoms. The van der Waals surface area contributed by atoms with Crippen LogP contribution in [0.3, 0.4) is 0 Å². The molecule has 2 heterocycles. The lowest BCUT2D eigenvalue weighted by Gasteiger charge is -2.32. The van der Waals surface area contributed by atoms with Crippen molar-refractivity contribution in [2.24, 2.45) is 0 Å². The summed E-state index contributed by atoms with van der Waals surface area (Å²) in [6, 6.07) is 7.72. The van der Waals surface area contributed by atoms with Crippen LogP contribution < -0.4 is 0 Å². The van der Waals surface area contributed by atoms with Crippen LogP contribution in [0.2, 0.25) is 5.02 Å². The quantitative estimate of drug-likeness (QED) is 0.806. The maximum Gasteiger partial charge on any atom is 0.337 e. The molecular weight excluding hydrogens is 314 g/mol. The van der Waals surface area contributed by atoms with E-state index in [-0.39, 0.29) is 5.97 Å². The molecule has 1 aromatic heterocycles. The molecule has 0 spiro atoms. The number of aromatic nitrogens is 2. The molecule has 1 aliphatic heterocycles. The van der Waals surface area contributed by atoms with Crippen molar-refractivity contribution in [1.82, 2.24) is 14.7 Å². The number of rotatable bonds is 4. The molecule has 1 aromatic carbocycles. The van der Waals surface area contributed by atoms with Gasteiger partial charge in [-0.25, -0.2) is 4.79 Å². The summed E-state index contributed by atoms with van der Waals surface area (Å²) in [5.41, 5.74) is 1.51. The van der Waals surface area contributed by atoms with Gasteiger partial charge in [0.05, 0.1) is 18.7 Å². The number of carbonyl (C=O) groups excluding carboxylic acids is 1. The zero-order valence-corrected chi connectivity index (χ0v) is 13.9. The molecule has 0 amide bonds. The van der Waals surface area contributed by atoms with Crippen LogP contribution in [0.4, 0.5) is 0 Å². The van der Waals surface area contributed by atoms with Gasteiger partial charge in [0.15, 0.2) is 0 Å². The van der Waals surface area contributed by atoms with E-state index in [1.54, 1.807) is 12.1 Å². The summed E-state index contributed by atoms with van der Waals surface area (Å²) in [4.78, 5) is 14.0. The van der Waals surface area contributed by atoms with Crippen molar-refractivity contribution in [2.45, 2.75) is 25.4 Å². The van der Waals surface area contributed by atoms with Gasteiger partial charge in [0, 0.05) is 37.1 Å². The Morgan fingerprint density at radius 3 is 2.83 bits per heavy atom. The first-order valence-electron chi connectivity index (χ1n) is 7.75. The summed E-state index contributed by atoms with van der Waals surface area (Å²) in [5.74, 6) is -0.333. The number of methoxy groups -OCH3 is 1. The van der Waals surface area contributed by atoms with Gasteiger partial charge >= 0.3 is 5.97 Å². The van der Waals surface area contributed by atoms with E-state index < -0.39 is 0 Å². The number of hydrogen-bond donors (Lipinski definition) is 0. The highest BCUT2D eigenvalue weighted by atomic mass is 35.5. The average molecular weight is 334 g/mol. The van der Waals surface area contributed by atoms with Gasteiger partial charge in [0.25, 0.3) is 0 Å². The Balaban J connectivity index is 1.63. The standard InChI is InChI=1S/C17H20ClN3O2/c1-23-17(22)13-3-4-16(18)14(11-13)12-20-9-5-15(6-10-20)21-8-2-7-19-21/h2-4,7-8,11,15H,5-6,9-10,12H2,1H3. The molecule has 0 aliphatic carbocycles. The van der Waals surface area contributed by atoms with Gasteiger partial charge in [-0.3, -0.25) is 9.58 Å². The molecule has 0 N–H and O–H groups in total. The Kier molecular flexibility index (Phi) is 4.98. The normalized spacial score (nSPS) is 16.4. The number of ether oxygens (including phenoxy) is 1. The Morgan fingerprint density at radius 2 is 2.17 bits per heavy atom. The zero-order chi connectivity index (χ0) is 16.2. The number of esters is 1. The molecule has 0 atom stereocenters. The molecule has 1 fully saturated rings. The van der Waals surface area contributed by atoms with Crippen molar-refractivity contribution in [2.75, 3.05) is 20.2 Å².